The number of rotatable bonds is 4. The Morgan fingerprint density at radius 2 is 1.89 bits per heavy atom. The van der Waals surface area contributed by atoms with Gasteiger partial charge in [0.25, 0.3) is 0 Å². The minimum absolute atomic E-state index is 0.0150. The van der Waals surface area contributed by atoms with Crippen LogP contribution < -0.4 is 0 Å². The number of carbonyl (C=O) groups excluding carboxylic acids is 1. The molecule has 1 unspecified atom stereocenters. The van der Waals surface area contributed by atoms with Crippen LogP contribution in [0.2, 0.25) is 0 Å². The van der Waals surface area contributed by atoms with Gasteiger partial charge in [0, 0.05) is 18.8 Å². The highest BCUT2D eigenvalue weighted by Crippen LogP contribution is 2.28. The summed E-state index contributed by atoms with van der Waals surface area (Å²) < 4.78 is 36.1. The van der Waals surface area contributed by atoms with Crippen LogP contribution in [0.3, 0.4) is 0 Å². The van der Waals surface area contributed by atoms with E-state index in [-0.39, 0.29) is 24.5 Å². The van der Waals surface area contributed by atoms with Crippen molar-refractivity contribution in [3.05, 3.63) is 35.4 Å². The molecule has 0 saturated heterocycles. The maximum atomic E-state index is 12.0. The number of fused-ring (bicyclic) bond motifs is 1. The lowest BCUT2D eigenvalue weighted by atomic mass is 9.81. The van der Waals surface area contributed by atoms with E-state index in [9.17, 15) is 18.0 Å². The first-order valence-electron chi connectivity index (χ1n) is 6.62. The zero-order valence-electron chi connectivity index (χ0n) is 10.7. The van der Waals surface area contributed by atoms with Crippen LogP contribution in [-0.4, -0.2) is 12.0 Å². The number of carbonyl (C=O) groups is 1. The second-order valence-electron chi connectivity index (χ2n) is 5.14. The molecule has 0 N–H and O–H groups in total. The number of aryl methyl sites for hydroxylation is 1. The fourth-order valence-electron chi connectivity index (χ4n) is 2.64. The Bertz CT molecular complexity index is 451. The van der Waals surface area contributed by atoms with Crippen molar-refractivity contribution in [2.24, 2.45) is 5.92 Å². The van der Waals surface area contributed by atoms with Gasteiger partial charge in [-0.1, -0.05) is 24.3 Å². The van der Waals surface area contributed by atoms with Crippen molar-refractivity contribution in [1.29, 1.82) is 0 Å². The van der Waals surface area contributed by atoms with Gasteiger partial charge in [-0.15, -0.1) is 0 Å². The third-order valence-electron chi connectivity index (χ3n) is 3.69. The molecule has 1 nitrogen and oxygen atoms in total. The zero-order valence-corrected chi connectivity index (χ0v) is 10.7. The van der Waals surface area contributed by atoms with E-state index in [4.69, 9.17) is 0 Å². The third kappa shape index (κ3) is 4.08. The van der Waals surface area contributed by atoms with Crippen molar-refractivity contribution in [1.82, 2.24) is 0 Å². The highest BCUT2D eigenvalue weighted by Gasteiger charge is 2.28. The van der Waals surface area contributed by atoms with Gasteiger partial charge in [-0.05, 0) is 36.8 Å². The van der Waals surface area contributed by atoms with Gasteiger partial charge in [0.2, 0.25) is 0 Å². The molecule has 0 saturated carbocycles. The van der Waals surface area contributed by atoms with Crippen molar-refractivity contribution in [3.8, 4) is 0 Å². The number of benzene rings is 1. The molecule has 1 atom stereocenters. The second-order valence-corrected chi connectivity index (χ2v) is 5.14. The quantitative estimate of drug-likeness (QED) is 0.805. The Balaban J connectivity index is 1.85. The minimum Gasteiger partial charge on any atom is -0.299 e. The summed E-state index contributed by atoms with van der Waals surface area (Å²) in [4.78, 5) is 11.9. The van der Waals surface area contributed by atoms with E-state index in [0.717, 1.165) is 12.8 Å². The summed E-state index contributed by atoms with van der Waals surface area (Å²) in [7, 11) is 0. The predicted molar refractivity (Wildman–Crippen MR) is 66.9 cm³/mol. The molecule has 2 rings (SSSR count). The third-order valence-corrected chi connectivity index (χ3v) is 3.69. The van der Waals surface area contributed by atoms with E-state index >= 15 is 0 Å². The van der Waals surface area contributed by atoms with Crippen LogP contribution in [0.25, 0.3) is 0 Å². The topological polar surface area (TPSA) is 17.1 Å². The van der Waals surface area contributed by atoms with E-state index in [2.05, 4.69) is 6.07 Å². The lowest BCUT2D eigenvalue weighted by Gasteiger charge is -2.23. The van der Waals surface area contributed by atoms with Crippen LogP contribution in [0.4, 0.5) is 13.2 Å². The molecule has 1 aromatic rings. The summed E-state index contributed by atoms with van der Waals surface area (Å²) in [6, 6.07) is 7.98. The molecule has 4 heteroatoms. The van der Waals surface area contributed by atoms with Gasteiger partial charge in [0.15, 0.2) is 0 Å². The van der Waals surface area contributed by atoms with E-state index in [1.807, 2.05) is 18.2 Å². The normalized spacial score (nSPS) is 19.0. The van der Waals surface area contributed by atoms with Crippen molar-refractivity contribution >= 4 is 5.78 Å². The van der Waals surface area contributed by atoms with Crippen LogP contribution >= 0.6 is 0 Å². The lowest BCUT2D eigenvalue weighted by molar-refractivity contribution is -0.137. The van der Waals surface area contributed by atoms with E-state index < -0.39 is 12.6 Å². The van der Waals surface area contributed by atoms with Gasteiger partial charge in [-0.3, -0.25) is 4.79 Å². The van der Waals surface area contributed by atoms with Crippen LogP contribution in [0.5, 0.6) is 0 Å². The molecule has 0 bridgehead atoms. The smallest absolute Gasteiger partial charge is 0.299 e. The molecular weight excluding hydrogens is 253 g/mol. The average molecular weight is 270 g/mol. The average Bonchev–Trinajstić information content (AvgIpc) is 2.36. The molecule has 1 aliphatic rings. The summed E-state index contributed by atoms with van der Waals surface area (Å²) in [6.07, 6.45) is -2.75. The van der Waals surface area contributed by atoms with Gasteiger partial charge in [0.1, 0.15) is 5.78 Å². The first-order chi connectivity index (χ1) is 8.96. The SMILES string of the molecule is O=C(CCCC(F)(F)F)C1CCc2ccccc2C1. The van der Waals surface area contributed by atoms with Crippen molar-refractivity contribution < 1.29 is 18.0 Å². The highest BCUT2D eigenvalue weighted by molar-refractivity contribution is 5.81. The fraction of sp³-hybridized carbons (Fsp3) is 0.533. The van der Waals surface area contributed by atoms with Crippen LogP contribution in [0, 0.1) is 5.92 Å². The first kappa shape index (κ1) is 14.1. The number of halogens is 3. The molecule has 1 aromatic carbocycles. The summed E-state index contributed by atoms with van der Waals surface area (Å²) >= 11 is 0. The summed E-state index contributed by atoms with van der Waals surface area (Å²) in [5.41, 5.74) is 2.43. The first-order valence-corrected chi connectivity index (χ1v) is 6.62. The molecule has 0 aromatic heterocycles. The Kier molecular flexibility index (Phi) is 4.27. The molecule has 0 radical (unpaired) electrons. The Morgan fingerprint density at radius 3 is 2.58 bits per heavy atom. The van der Waals surface area contributed by atoms with Crippen LogP contribution in [-0.2, 0) is 17.6 Å². The molecule has 0 aliphatic heterocycles. The molecular formula is C15H17F3O. The van der Waals surface area contributed by atoms with Crippen LogP contribution in [0.15, 0.2) is 24.3 Å². The monoisotopic (exact) mass is 270 g/mol. The summed E-state index contributed by atoms with van der Waals surface area (Å²) in [5, 5.41) is 0. The molecule has 104 valence electrons. The van der Waals surface area contributed by atoms with Gasteiger partial charge in [-0.2, -0.15) is 13.2 Å². The maximum absolute atomic E-state index is 12.0. The largest absolute Gasteiger partial charge is 0.389 e. The molecule has 19 heavy (non-hydrogen) atoms. The maximum Gasteiger partial charge on any atom is 0.389 e. The van der Waals surface area contributed by atoms with Gasteiger partial charge >= 0.3 is 6.18 Å². The van der Waals surface area contributed by atoms with Gasteiger partial charge in [-0.25, -0.2) is 0 Å². The second kappa shape index (κ2) is 5.76. The molecule has 0 spiro atoms. The Labute approximate surface area is 110 Å². The number of Topliss-reactive ketones (excluding diaryl/α,β-unsaturated/α-hetero) is 1. The van der Waals surface area contributed by atoms with Crippen molar-refractivity contribution in [2.75, 3.05) is 0 Å². The zero-order chi connectivity index (χ0) is 13.9. The van der Waals surface area contributed by atoms with E-state index in [1.54, 1.807) is 0 Å². The summed E-state index contributed by atoms with van der Waals surface area (Å²) in [6.45, 7) is 0. The fourth-order valence-corrected chi connectivity index (χ4v) is 2.64. The van der Waals surface area contributed by atoms with Crippen molar-refractivity contribution in [3.63, 3.8) is 0 Å². The van der Waals surface area contributed by atoms with E-state index in [1.165, 1.54) is 11.1 Å². The van der Waals surface area contributed by atoms with Crippen LogP contribution in [0.1, 0.15) is 36.8 Å². The highest BCUT2D eigenvalue weighted by atomic mass is 19.4. The number of alkyl halides is 3. The lowest BCUT2D eigenvalue weighted by Crippen LogP contribution is -2.23. The van der Waals surface area contributed by atoms with Gasteiger partial charge < -0.3 is 0 Å². The Morgan fingerprint density at radius 1 is 1.21 bits per heavy atom. The minimum atomic E-state index is -4.15. The van der Waals surface area contributed by atoms with Gasteiger partial charge in [0.05, 0.1) is 0 Å². The number of hydrogen-bond acceptors (Lipinski definition) is 1. The Hall–Kier alpha value is -1.32. The van der Waals surface area contributed by atoms with E-state index in [0.29, 0.717) is 6.42 Å². The molecule has 0 amide bonds. The van der Waals surface area contributed by atoms with Crippen molar-refractivity contribution in [2.45, 2.75) is 44.7 Å². The molecule has 1 aliphatic carbocycles. The number of ketones is 1. The molecule has 0 fully saturated rings. The predicted octanol–water partition coefficient (Wildman–Crippen LogP) is 4.09. The standard InChI is InChI=1S/C15H17F3O/c16-15(17,18)9-3-6-14(19)13-8-7-11-4-1-2-5-12(11)10-13/h1-2,4-5,13H,3,6-10H2. The number of hydrogen-bond donors (Lipinski definition) is 0. The summed E-state index contributed by atoms with van der Waals surface area (Å²) in [5.74, 6) is -0.109. The molecule has 0 heterocycles.